The summed E-state index contributed by atoms with van der Waals surface area (Å²) in [6.07, 6.45) is -4.27. The minimum atomic E-state index is -4.27. The molecular weight excluding hydrogens is 365 g/mol. The highest BCUT2D eigenvalue weighted by Gasteiger charge is 2.29. The third-order valence-corrected chi connectivity index (χ3v) is 4.21. The highest BCUT2D eigenvalue weighted by molar-refractivity contribution is 5.89. The molecule has 0 saturated heterocycles. The second-order valence-electron chi connectivity index (χ2n) is 6.56. The average Bonchev–Trinajstić information content (AvgIpc) is 2.62. The fourth-order valence-corrected chi connectivity index (χ4v) is 2.65. The number of hydrogen-bond donors (Lipinski definition) is 1. The Morgan fingerprint density at radius 1 is 0.750 bits per heavy atom. The minimum absolute atomic E-state index is 0.385. The van der Waals surface area contributed by atoms with Gasteiger partial charge in [0.25, 0.3) is 0 Å². The van der Waals surface area contributed by atoms with Crippen LogP contribution in [0.1, 0.15) is 32.6 Å². The molecule has 0 saturated carbocycles. The number of aryl methyl sites for hydroxylation is 3. The van der Waals surface area contributed by atoms with Gasteiger partial charge in [0.2, 0.25) is 0 Å². The zero-order valence-electron chi connectivity index (χ0n) is 15.8. The molecule has 5 heteroatoms. The van der Waals surface area contributed by atoms with E-state index in [9.17, 15) is 18.0 Å². The highest BCUT2D eigenvalue weighted by atomic mass is 19.4. The first-order valence-corrected chi connectivity index (χ1v) is 8.63. The van der Waals surface area contributed by atoms with Crippen molar-refractivity contribution in [3.05, 3.63) is 94.5 Å². The maximum absolute atomic E-state index is 12.4. The summed E-state index contributed by atoms with van der Waals surface area (Å²) >= 11 is 0. The van der Waals surface area contributed by atoms with Crippen LogP contribution in [-0.4, -0.2) is 11.1 Å². The lowest BCUT2D eigenvalue weighted by atomic mass is 10.0. The molecule has 28 heavy (non-hydrogen) atoms. The normalized spacial score (nSPS) is 10.8. The van der Waals surface area contributed by atoms with Crippen molar-refractivity contribution < 1.29 is 23.1 Å². The molecule has 3 aromatic carbocycles. The molecule has 146 valence electrons. The third-order valence-electron chi connectivity index (χ3n) is 4.21. The van der Waals surface area contributed by atoms with Crippen LogP contribution in [0.3, 0.4) is 0 Å². The first-order valence-electron chi connectivity index (χ1n) is 8.63. The first kappa shape index (κ1) is 21.2. The molecule has 2 nitrogen and oxygen atoms in total. The van der Waals surface area contributed by atoms with Crippen molar-refractivity contribution in [3.8, 4) is 11.1 Å². The van der Waals surface area contributed by atoms with Gasteiger partial charge in [0.05, 0.1) is 11.1 Å². The molecular formula is C23H21F3O2. The minimum Gasteiger partial charge on any atom is -0.478 e. The maximum atomic E-state index is 12.4. The standard InChI is InChI=1S/C14H11F3.C9H10O2/c1-10-2-4-11(5-3-10)12-6-8-13(9-7-12)14(15,16)17;1-6-3-4-8(9(10)11)7(2)5-6/h2-9H,1H3;3-5H,1-2H3,(H,10,11). The number of carboxylic acids is 1. The molecule has 0 bridgehead atoms. The van der Waals surface area contributed by atoms with Crippen molar-refractivity contribution >= 4 is 5.97 Å². The lowest BCUT2D eigenvalue weighted by Gasteiger charge is -2.07. The van der Waals surface area contributed by atoms with E-state index in [0.717, 1.165) is 39.9 Å². The van der Waals surface area contributed by atoms with Gasteiger partial charge in [-0.3, -0.25) is 0 Å². The van der Waals surface area contributed by atoms with Crippen LogP contribution in [0.15, 0.2) is 66.7 Å². The molecule has 0 atom stereocenters. The summed E-state index contributed by atoms with van der Waals surface area (Å²) in [6, 6.07) is 18.2. The lowest BCUT2D eigenvalue weighted by molar-refractivity contribution is -0.137. The van der Waals surface area contributed by atoms with Crippen LogP contribution in [-0.2, 0) is 6.18 Å². The van der Waals surface area contributed by atoms with Gasteiger partial charge in [-0.15, -0.1) is 0 Å². The summed E-state index contributed by atoms with van der Waals surface area (Å²) in [4.78, 5) is 10.5. The topological polar surface area (TPSA) is 37.3 Å². The average molecular weight is 386 g/mol. The molecule has 0 heterocycles. The van der Waals surface area contributed by atoms with Crippen LogP contribution in [0.2, 0.25) is 0 Å². The summed E-state index contributed by atoms with van der Waals surface area (Å²) < 4.78 is 37.1. The van der Waals surface area contributed by atoms with Crippen LogP contribution < -0.4 is 0 Å². The number of alkyl halides is 3. The zero-order chi connectivity index (χ0) is 20.9. The van der Waals surface area contributed by atoms with E-state index in [0.29, 0.717) is 5.56 Å². The monoisotopic (exact) mass is 386 g/mol. The fraction of sp³-hybridized carbons (Fsp3) is 0.174. The maximum Gasteiger partial charge on any atom is 0.416 e. The first-order chi connectivity index (χ1) is 13.1. The molecule has 3 rings (SSSR count). The van der Waals surface area contributed by atoms with E-state index in [2.05, 4.69) is 0 Å². The van der Waals surface area contributed by atoms with Gasteiger partial charge < -0.3 is 5.11 Å². The molecule has 0 fully saturated rings. The van der Waals surface area contributed by atoms with Gasteiger partial charge in [-0.05, 0) is 55.7 Å². The third kappa shape index (κ3) is 5.71. The Morgan fingerprint density at radius 2 is 1.21 bits per heavy atom. The van der Waals surface area contributed by atoms with Crippen molar-refractivity contribution in [2.75, 3.05) is 0 Å². The Bertz CT molecular complexity index is 941. The Hall–Kier alpha value is -3.08. The largest absolute Gasteiger partial charge is 0.478 e. The van der Waals surface area contributed by atoms with Gasteiger partial charge in [0.1, 0.15) is 0 Å². The van der Waals surface area contributed by atoms with Gasteiger partial charge in [-0.2, -0.15) is 13.2 Å². The smallest absolute Gasteiger partial charge is 0.416 e. The number of hydrogen-bond acceptors (Lipinski definition) is 1. The second kappa shape index (κ2) is 8.74. The van der Waals surface area contributed by atoms with Gasteiger partial charge in [0.15, 0.2) is 0 Å². The number of carboxylic acid groups (broad SMARTS) is 1. The molecule has 0 aliphatic rings. The van der Waals surface area contributed by atoms with Crippen molar-refractivity contribution in [1.82, 2.24) is 0 Å². The number of benzene rings is 3. The molecule has 0 aliphatic carbocycles. The molecule has 0 aromatic heterocycles. The Balaban J connectivity index is 0.000000221. The highest BCUT2D eigenvalue weighted by Crippen LogP contribution is 2.30. The van der Waals surface area contributed by atoms with E-state index in [1.165, 1.54) is 12.1 Å². The number of rotatable bonds is 2. The van der Waals surface area contributed by atoms with Crippen molar-refractivity contribution in [2.45, 2.75) is 26.9 Å². The van der Waals surface area contributed by atoms with Crippen LogP contribution in [0.25, 0.3) is 11.1 Å². The molecule has 0 aliphatic heterocycles. The molecule has 1 N–H and O–H groups in total. The molecule has 0 unspecified atom stereocenters. The van der Waals surface area contributed by atoms with Crippen LogP contribution >= 0.6 is 0 Å². The van der Waals surface area contributed by atoms with Gasteiger partial charge >= 0.3 is 12.1 Å². The van der Waals surface area contributed by atoms with E-state index >= 15 is 0 Å². The van der Waals surface area contributed by atoms with Gasteiger partial charge in [-0.25, -0.2) is 4.79 Å². The number of carbonyl (C=O) groups is 1. The van der Waals surface area contributed by atoms with E-state index in [1.54, 1.807) is 19.1 Å². The summed E-state index contributed by atoms with van der Waals surface area (Å²) in [6.45, 7) is 5.71. The molecule has 3 aromatic rings. The van der Waals surface area contributed by atoms with E-state index in [-0.39, 0.29) is 0 Å². The van der Waals surface area contributed by atoms with Crippen molar-refractivity contribution in [1.29, 1.82) is 0 Å². The second-order valence-corrected chi connectivity index (χ2v) is 6.56. The Kier molecular flexibility index (Phi) is 6.62. The van der Waals surface area contributed by atoms with Gasteiger partial charge in [-0.1, -0.05) is 59.7 Å². The number of halogens is 3. The van der Waals surface area contributed by atoms with Crippen LogP contribution in [0, 0.1) is 20.8 Å². The predicted molar refractivity (Wildman–Crippen MR) is 104 cm³/mol. The van der Waals surface area contributed by atoms with E-state index in [1.807, 2.05) is 44.2 Å². The van der Waals surface area contributed by atoms with Crippen molar-refractivity contribution in [2.24, 2.45) is 0 Å². The quantitative estimate of drug-likeness (QED) is 0.533. The molecule has 0 spiro atoms. The fourth-order valence-electron chi connectivity index (χ4n) is 2.65. The van der Waals surface area contributed by atoms with E-state index in [4.69, 9.17) is 5.11 Å². The Labute approximate surface area is 162 Å². The van der Waals surface area contributed by atoms with Crippen molar-refractivity contribution in [3.63, 3.8) is 0 Å². The lowest BCUT2D eigenvalue weighted by Crippen LogP contribution is -2.03. The Morgan fingerprint density at radius 3 is 1.64 bits per heavy atom. The van der Waals surface area contributed by atoms with E-state index < -0.39 is 17.7 Å². The number of aromatic carboxylic acids is 1. The summed E-state index contributed by atoms with van der Waals surface area (Å²) in [5.41, 5.74) is 4.51. The molecule has 0 amide bonds. The summed E-state index contributed by atoms with van der Waals surface area (Å²) in [5, 5.41) is 8.66. The zero-order valence-corrected chi connectivity index (χ0v) is 15.8. The molecule has 0 radical (unpaired) electrons. The SMILES string of the molecule is Cc1ccc(-c2ccc(C(F)(F)F)cc2)cc1.Cc1ccc(C(=O)O)c(C)c1. The van der Waals surface area contributed by atoms with Crippen LogP contribution in [0.5, 0.6) is 0 Å². The van der Waals surface area contributed by atoms with Crippen LogP contribution in [0.4, 0.5) is 13.2 Å². The van der Waals surface area contributed by atoms with Gasteiger partial charge in [0, 0.05) is 0 Å². The summed E-state index contributed by atoms with van der Waals surface area (Å²) in [5.74, 6) is -0.859. The summed E-state index contributed by atoms with van der Waals surface area (Å²) in [7, 11) is 0. The predicted octanol–water partition coefficient (Wildman–Crippen LogP) is 6.68.